The molecule has 1 aromatic rings. The Morgan fingerprint density at radius 3 is 2.81 bits per heavy atom. The number of anilines is 1. The molecule has 1 aromatic carbocycles. The summed E-state index contributed by atoms with van der Waals surface area (Å²) < 4.78 is 27.9. The fourth-order valence-electron chi connectivity index (χ4n) is 1.64. The molecule has 2 nitrogen and oxygen atoms in total. The number of rotatable bonds is 1. The topological polar surface area (TPSA) is 20.3 Å². The first-order valence-corrected chi connectivity index (χ1v) is 5.49. The Morgan fingerprint density at radius 2 is 2.19 bits per heavy atom. The zero-order valence-electron chi connectivity index (χ0n) is 8.01. The summed E-state index contributed by atoms with van der Waals surface area (Å²) >= 11 is 1.92. The van der Waals surface area contributed by atoms with Crippen LogP contribution in [-0.2, 0) is 10.7 Å². The van der Waals surface area contributed by atoms with E-state index in [1.807, 2.05) is 22.6 Å². The number of hydrogen-bond acceptors (Lipinski definition) is 1. The second-order valence-electron chi connectivity index (χ2n) is 3.33. The van der Waals surface area contributed by atoms with E-state index < -0.39 is 11.8 Å². The number of nitrogens with zero attached hydrogens (tertiary/aromatic N) is 1. The van der Waals surface area contributed by atoms with Crippen molar-refractivity contribution in [3.63, 3.8) is 0 Å². The van der Waals surface area contributed by atoms with Gasteiger partial charge in [0.05, 0.1) is 17.8 Å². The second-order valence-corrected chi connectivity index (χ2v) is 4.58. The number of benzene rings is 1. The van der Waals surface area contributed by atoms with Gasteiger partial charge in [-0.3, -0.25) is 9.69 Å². The molecule has 0 saturated heterocycles. The maximum Gasteiger partial charge on any atom is 0.352 e. The largest absolute Gasteiger partial charge is 0.352 e. The molecule has 0 spiro atoms. The fraction of sp³-hybridized carbons (Fsp3) is 0.182. The number of amides is 1. The van der Waals surface area contributed by atoms with Crippen molar-refractivity contribution in [1.82, 2.24) is 0 Å². The molecule has 0 N–H and O–H groups in total. The molecule has 5 heteroatoms. The molecule has 82 valence electrons. The second kappa shape index (κ2) is 3.70. The van der Waals surface area contributed by atoms with Gasteiger partial charge in [0.15, 0.2) is 0 Å². The minimum absolute atomic E-state index is 0.137. The average molecular weight is 333 g/mol. The number of alkyl halides is 2. The highest BCUT2D eigenvalue weighted by molar-refractivity contribution is 14.1. The summed E-state index contributed by atoms with van der Waals surface area (Å²) in [6.07, 6.45) is 5.06. The monoisotopic (exact) mass is 333 g/mol. The van der Waals surface area contributed by atoms with E-state index in [-0.39, 0.29) is 17.8 Å². The van der Waals surface area contributed by atoms with Crippen molar-refractivity contribution in [2.45, 2.75) is 5.92 Å². The summed E-state index contributed by atoms with van der Waals surface area (Å²) in [7, 11) is 0. The molecular formula is C11H6F2INO. The summed E-state index contributed by atoms with van der Waals surface area (Å²) in [5.41, 5.74) is -0.0620. The Balaban J connectivity index is 2.61. The number of hydrogen-bond donors (Lipinski definition) is 0. The molecule has 1 aliphatic rings. The highest BCUT2D eigenvalue weighted by atomic mass is 127. The molecule has 1 heterocycles. The number of carbonyl (C=O) groups is 1. The van der Waals surface area contributed by atoms with Crippen LogP contribution in [0.4, 0.5) is 14.5 Å². The van der Waals surface area contributed by atoms with Gasteiger partial charge in [-0.1, -0.05) is 5.92 Å². The van der Waals surface area contributed by atoms with E-state index in [2.05, 4.69) is 5.92 Å². The minimum Gasteiger partial charge on any atom is -0.295 e. The van der Waals surface area contributed by atoms with Crippen molar-refractivity contribution >= 4 is 34.2 Å². The van der Waals surface area contributed by atoms with Gasteiger partial charge in [0.1, 0.15) is 0 Å². The molecular weight excluding hydrogens is 327 g/mol. The van der Waals surface area contributed by atoms with Crippen LogP contribution in [0.25, 0.3) is 0 Å². The molecule has 0 aliphatic carbocycles. The molecule has 0 fully saturated rings. The third-order valence-electron chi connectivity index (χ3n) is 2.35. The molecule has 0 bridgehead atoms. The van der Waals surface area contributed by atoms with Gasteiger partial charge < -0.3 is 0 Å². The van der Waals surface area contributed by atoms with Crippen LogP contribution in [0.1, 0.15) is 5.56 Å². The normalized spacial score (nSPS) is 17.1. The zero-order valence-corrected chi connectivity index (χ0v) is 10.2. The van der Waals surface area contributed by atoms with E-state index in [0.29, 0.717) is 3.57 Å². The molecule has 0 saturated carbocycles. The van der Waals surface area contributed by atoms with Crippen molar-refractivity contribution < 1.29 is 13.6 Å². The maximum atomic E-state index is 13.6. The number of fused-ring (bicyclic) bond motifs is 1. The van der Waals surface area contributed by atoms with Crippen molar-refractivity contribution in [3.05, 3.63) is 27.3 Å². The minimum atomic E-state index is -3.46. The highest BCUT2D eigenvalue weighted by Crippen LogP contribution is 2.44. The SMILES string of the molecule is C#CCN1C(=O)C(F)(F)c2cc(I)ccc21. The van der Waals surface area contributed by atoms with Crippen LogP contribution in [0.15, 0.2) is 18.2 Å². The van der Waals surface area contributed by atoms with E-state index in [1.165, 1.54) is 12.1 Å². The first-order chi connectivity index (χ1) is 7.48. The lowest BCUT2D eigenvalue weighted by Gasteiger charge is -2.13. The predicted molar refractivity (Wildman–Crippen MR) is 64.2 cm³/mol. The summed E-state index contributed by atoms with van der Waals surface area (Å²) in [5, 5.41) is 0. The Morgan fingerprint density at radius 1 is 1.50 bits per heavy atom. The smallest absolute Gasteiger partial charge is 0.295 e. The first kappa shape index (κ1) is 11.3. The summed E-state index contributed by atoms with van der Waals surface area (Å²) in [6.45, 7) is -0.137. The van der Waals surface area contributed by atoms with Crippen LogP contribution in [0.2, 0.25) is 0 Å². The first-order valence-electron chi connectivity index (χ1n) is 4.41. The Hall–Kier alpha value is -1.16. The van der Waals surface area contributed by atoms with Crippen LogP contribution in [0, 0.1) is 15.9 Å². The molecule has 2 rings (SSSR count). The van der Waals surface area contributed by atoms with Crippen LogP contribution >= 0.6 is 22.6 Å². The fourth-order valence-corrected chi connectivity index (χ4v) is 2.13. The van der Waals surface area contributed by atoms with E-state index in [9.17, 15) is 13.6 Å². The lowest BCUT2D eigenvalue weighted by molar-refractivity contribution is -0.141. The van der Waals surface area contributed by atoms with Gasteiger partial charge in [-0.2, -0.15) is 8.78 Å². The molecule has 0 atom stereocenters. The van der Waals surface area contributed by atoms with E-state index in [4.69, 9.17) is 6.42 Å². The zero-order chi connectivity index (χ0) is 11.9. The Bertz CT molecular complexity index is 507. The maximum absolute atomic E-state index is 13.6. The summed E-state index contributed by atoms with van der Waals surface area (Å²) in [4.78, 5) is 12.4. The highest BCUT2D eigenvalue weighted by Gasteiger charge is 2.52. The standard InChI is InChI=1S/C11H6F2INO/c1-2-5-15-9-4-3-7(14)6-8(9)11(12,13)10(15)16/h1,3-4,6H,5H2. The van der Waals surface area contributed by atoms with Gasteiger partial charge >= 0.3 is 11.8 Å². The average Bonchev–Trinajstić information content (AvgIpc) is 2.41. The van der Waals surface area contributed by atoms with Crippen LogP contribution in [0.3, 0.4) is 0 Å². The van der Waals surface area contributed by atoms with Crippen LogP contribution in [-0.4, -0.2) is 12.5 Å². The van der Waals surface area contributed by atoms with Gasteiger partial charge in [-0.15, -0.1) is 6.42 Å². The third kappa shape index (κ3) is 1.48. The molecule has 1 aliphatic heterocycles. The molecule has 0 radical (unpaired) electrons. The Kier molecular flexibility index (Phi) is 2.62. The third-order valence-corrected chi connectivity index (χ3v) is 3.02. The van der Waals surface area contributed by atoms with Gasteiger partial charge in [0, 0.05) is 3.57 Å². The van der Waals surface area contributed by atoms with Crippen LogP contribution in [0.5, 0.6) is 0 Å². The molecule has 16 heavy (non-hydrogen) atoms. The van der Waals surface area contributed by atoms with Gasteiger partial charge in [-0.25, -0.2) is 0 Å². The van der Waals surface area contributed by atoms with Crippen LogP contribution < -0.4 is 4.90 Å². The summed E-state index contributed by atoms with van der Waals surface area (Å²) in [6, 6.07) is 4.47. The summed E-state index contributed by atoms with van der Waals surface area (Å²) in [5.74, 6) is -2.51. The molecule has 0 unspecified atom stereocenters. The quantitative estimate of drug-likeness (QED) is 0.571. The number of terminal acetylenes is 1. The Labute approximate surface area is 105 Å². The molecule has 1 amide bonds. The van der Waals surface area contributed by atoms with Gasteiger partial charge in [-0.05, 0) is 40.8 Å². The van der Waals surface area contributed by atoms with E-state index in [1.54, 1.807) is 6.07 Å². The van der Waals surface area contributed by atoms with E-state index in [0.717, 1.165) is 4.90 Å². The van der Waals surface area contributed by atoms with Gasteiger partial charge in [0.2, 0.25) is 0 Å². The lowest BCUT2D eigenvalue weighted by atomic mass is 10.1. The van der Waals surface area contributed by atoms with Crippen molar-refractivity contribution in [2.75, 3.05) is 11.4 Å². The predicted octanol–water partition coefficient (Wildman–Crippen LogP) is 2.36. The lowest BCUT2D eigenvalue weighted by Crippen LogP contribution is -2.34. The van der Waals surface area contributed by atoms with Gasteiger partial charge in [0.25, 0.3) is 0 Å². The van der Waals surface area contributed by atoms with Crippen molar-refractivity contribution in [3.8, 4) is 12.3 Å². The van der Waals surface area contributed by atoms with E-state index >= 15 is 0 Å². The van der Waals surface area contributed by atoms with Crippen molar-refractivity contribution in [1.29, 1.82) is 0 Å². The molecule has 0 aromatic heterocycles. The van der Waals surface area contributed by atoms with Crippen molar-refractivity contribution in [2.24, 2.45) is 0 Å². The number of halogens is 3. The number of carbonyl (C=O) groups excluding carboxylic acids is 1.